The van der Waals surface area contributed by atoms with Crippen molar-refractivity contribution < 1.29 is 4.79 Å². The highest BCUT2D eigenvalue weighted by Crippen LogP contribution is 2.36. The number of Topliss-reactive ketones (excluding diaryl/α,β-unsaturated/α-hetero) is 1. The van der Waals surface area contributed by atoms with Gasteiger partial charge in [0.1, 0.15) is 5.78 Å². The Morgan fingerprint density at radius 2 is 1.50 bits per heavy atom. The smallest absolute Gasteiger partial charge is 0.225 e. The van der Waals surface area contributed by atoms with E-state index in [1.165, 1.54) is 70.0 Å². The fourth-order valence-electron chi connectivity index (χ4n) is 6.89. The van der Waals surface area contributed by atoms with E-state index in [9.17, 15) is 4.79 Å². The van der Waals surface area contributed by atoms with Crippen LogP contribution in [0.2, 0.25) is 0 Å². The summed E-state index contributed by atoms with van der Waals surface area (Å²) in [6, 6.07) is 1.90. The van der Waals surface area contributed by atoms with Gasteiger partial charge in [0.15, 0.2) is 0 Å². The molecule has 6 nitrogen and oxygen atoms in total. The highest BCUT2D eigenvalue weighted by atomic mass is 16.1. The van der Waals surface area contributed by atoms with Crippen molar-refractivity contribution in [1.29, 1.82) is 0 Å². The molecule has 0 amide bonds. The van der Waals surface area contributed by atoms with E-state index in [4.69, 9.17) is 9.97 Å². The monoisotopic (exact) mass is 439 g/mol. The van der Waals surface area contributed by atoms with E-state index in [0.717, 1.165) is 31.5 Å². The number of anilines is 1. The zero-order valence-corrected chi connectivity index (χ0v) is 20.1. The number of piperazine rings is 1. The van der Waals surface area contributed by atoms with E-state index < -0.39 is 0 Å². The number of ketones is 1. The lowest BCUT2D eigenvalue weighted by atomic mass is 9.81. The van der Waals surface area contributed by atoms with Gasteiger partial charge in [0, 0.05) is 56.5 Å². The number of piperidine rings is 1. The number of carbonyl (C=O) groups excluding carboxylic acids is 1. The van der Waals surface area contributed by atoms with E-state index in [2.05, 4.69) is 34.1 Å². The molecular weight excluding hydrogens is 398 g/mol. The fraction of sp³-hybridized carbons (Fsp3) is 0.808. The number of likely N-dealkylation sites (tertiary alicyclic amines) is 2. The molecule has 1 aromatic rings. The van der Waals surface area contributed by atoms with Crippen LogP contribution in [0.15, 0.2) is 12.4 Å². The molecule has 3 saturated heterocycles. The number of likely N-dealkylation sites (N-methyl/N-ethyl adjacent to an activating group) is 1. The van der Waals surface area contributed by atoms with Crippen LogP contribution in [0.1, 0.15) is 82.6 Å². The molecule has 0 radical (unpaired) electrons. The Morgan fingerprint density at radius 1 is 0.906 bits per heavy atom. The Bertz CT molecular complexity index is 753. The highest BCUT2D eigenvalue weighted by molar-refractivity contribution is 5.78. The molecule has 0 spiro atoms. The molecule has 1 aromatic heterocycles. The third kappa shape index (κ3) is 4.72. The summed E-state index contributed by atoms with van der Waals surface area (Å²) >= 11 is 0. The minimum atomic E-state index is 0.447. The van der Waals surface area contributed by atoms with Crippen molar-refractivity contribution in [2.24, 2.45) is 5.92 Å². The Hall–Kier alpha value is -1.53. The van der Waals surface area contributed by atoms with Gasteiger partial charge >= 0.3 is 0 Å². The van der Waals surface area contributed by atoms with Gasteiger partial charge in [-0.05, 0) is 88.9 Å². The summed E-state index contributed by atoms with van der Waals surface area (Å²) in [5, 5.41) is 0. The number of hydrogen-bond acceptors (Lipinski definition) is 6. The fourth-order valence-corrected chi connectivity index (χ4v) is 6.89. The predicted octanol–water partition coefficient (Wildman–Crippen LogP) is 3.87. The maximum Gasteiger partial charge on any atom is 0.225 e. The molecule has 5 rings (SSSR count). The molecule has 32 heavy (non-hydrogen) atoms. The van der Waals surface area contributed by atoms with Crippen LogP contribution in [-0.2, 0) is 4.79 Å². The minimum absolute atomic E-state index is 0.447. The largest absolute Gasteiger partial charge is 0.332 e. The van der Waals surface area contributed by atoms with Gasteiger partial charge in [-0.15, -0.1) is 0 Å². The zero-order chi connectivity index (χ0) is 22.1. The molecular formula is C26H41N5O. The quantitative estimate of drug-likeness (QED) is 0.671. The van der Waals surface area contributed by atoms with Crippen molar-refractivity contribution in [2.45, 2.75) is 95.2 Å². The first-order valence-electron chi connectivity index (χ1n) is 13.1. The highest BCUT2D eigenvalue weighted by Gasteiger charge is 2.40. The number of fused-ring (bicyclic) bond motifs is 2. The minimum Gasteiger partial charge on any atom is -0.332 e. The Kier molecular flexibility index (Phi) is 6.79. The molecule has 176 valence electrons. The normalized spacial score (nSPS) is 32.4. The average Bonchev–Trinajstić information content (AvgIpc) is 3.10. The summed E-state index contributed by atoms with van der Waals surface area (Å²) in [6.07, 6.45) is 15.8. The van der Waals surface area contributed by atoms with E-state index in [1.54, 1.807) is 0 Å². The lowest BCUT2D eigenvalue weighted by molar-refractivity contribution is -0.120. The lowest BCUT2D eigenvalue weighted by Crippen LogP contribution is -2.53. The first-order chi connectivity index (χ1) is 15.6. The van der Waals surface area contributed by atoms with Crippen LogP contribution >= 0.6 is 0 Å². The lowest BCUT2D eigenvalue weighted by Gasteiger charge is -2.41. The molecule has 0 N–H and O–H groups in total. The SMILES string of the molecule is CCC(=O)CC1CCC(N2CCC(c3cnc(N4C5CCC4CN(C)C5)nc3)CC2)CC1. The topological polar surface area (TPSA) is 52.6 Å². The number of rotatable bonds is 6. The van der Waals surface area contributed by atoms with Gasteiger partial charge in [0.25, 0.3) is 0 Å². The molecule has 1 aliphatic carbocycles. The molecule has 1 saturated carbocycles. The van der Waals surface area contributed by atoms with Gasteiger partial charge in [-0.25, -0.2) is 9.97 Å². The van der Waals surface area contributed by atoms with Crippen molar-refractivity contribution >= 4 is 11.7 Å². The van der Waals surface area contributed by atoms with Gasteiger partial charge in [-0.1, -0.05) is 6.92 Å². The maximum absolute atomic E-state index is 11.8. The van der Waals surface area contributed by atoms with Crippen LogP contribution in [0.3, 0.4) is 0 Å². The summed E-state index contributed by atoms with van der Waals surface area (Å²) in [6.45, 7) is 6.65. The van der Waals surface area contributed by atoms with Crippen molar-refractivity contribution in [3.05, 3.63) is 18.0 Å². The number of nitrogens with zero attached hydrogens (tertiary/aromatic N) is 5. The Labute approximate surface area is 193 Å². The second kappa shape index (κ2) is 9.76. The molecule has 3 aliphatic heterocycles. The van der Waals surface area contributed by atoms with Gasteiger partial charge in [0.05, 0.1) is 0 Å². The third-order valence-electron chi connectivity index (χ3n) is 8.80. The first-order valence-corrected chi connectivity index (χ1v) is 13.1. The van der Waals surface area contributed by atoms with Crippen molar-refractivity contribution in [3.63, 3.8) is 0 Å². The third-order valence-corrected chi connectivity index (χ3v) is 8.80. The average molecular weight is 440 g/mol. The van der Waals surface area contributed by atoms with Crippen molar-refractivity contribution in [2.75, 3.05) is 38.1 Å². The maximum atomic E-state index is 11.8. The van der Waals surface area contributed by atoms with Crippen LogP contribution < -0.4 is 4.90 Å². The molecule has 4 aliphatic rings. The molecule has 2 bridgehead atoms. The summed E-state index contributed by atoms with van der Waals surface area (Å²) in [5.74, 6) is 2.64. The Morgan fingerprint density at radius 3 is 2.09 bits per heavy atom. The molecule has 4 fully saturated rings. The van der Waals surface area contributed by atoms with Crippen LogP contribution in [0.4, 0.5) is 5.95 Å². The molecule has 2 atom stereocenters. The van der Waals surface area contributed by atoms with E-state index in [-0.39, 0.29) is 0 Å². The summed E-state index contributed by atoms with van der Waals surface area (Å²) < 4.78 is 0. The number of carbonyl (C=O) groups is 1. The van der Waals surface area contributed by atoms with Crippen LogP contribution in [0, 0.1) is 5.92 Å². The first kappa shape index (κ1) is 22.3. The van der Waals surface area contributed by atoms with Gasteiger partial charge in [-0.2, -0.15) is 0 Å². The molecule has 0 aromatic carbocycles. The summed E-state index contributed by atoms with van der Waals surface area (Å²) in [7, 11) is 2.23. The Balaban J connectivity index is 1.11. The molecule has 6 heteroatoms. The van der Waals surface area contributed by atoms with Crippen molar-refractivity contribution in [3.8, 4) is 0 Å². The van der Waals surface area contributed by atoms with Crippen LogP contribution in [0.5, 0.6) is 0 Å². The van der Waals surface area contributed by atoms with Crippen molar-refractivity contribution in [1.82, 2.24) is 19.8 Å². The van der Waals surface area contributed by atoms with Gasteiger partial charge in [-0.3, -0.25) is 4.79 Å². The second-order valence-corrected chi connectivity index (χ2v) is 10.9. The van der Waals surface area contributed by atoms with E-state index >= 15 is 0 Å². The predicted molar refractivity (Wildman–Crippen MR) is 128 cm³/mol. The van der Waals surface area contributed by atoms with Gasteiger partial charge < -0.3 is 14.7 Å². The summed E-state index contributed by atoms with van der Waals surface area (Å²) in [4.78, 5) is 29.1. The summed E-state index contributed by atoms with van der Waals surface area (Å²) in [5.41, 5.74) is 1.33. The van der Waals surface area contributed by atoms with Crippen LogP contribution in [-0.4, -0.2) is 76.9 Å². The van der Waals surface area contributed by atoms with Gasteiger partial charge in [0.2, 0.25) is 5.95 Å². The number of hydrogen-bond donors (Lipinski definition) is 0. The van der Waals surface area contributed by atoms with E-state index in [0.29, 0.717) is 36.1 Å². The zero-order valence-electron chi connectivity index (χ0n) is 20.1. The molecule has 4 heterocycles. The second-order valence-electron chi connectivity index (χ2n) is 10.9. The molecule has 2 unspecified atom stereocenters. The standard InChI is InChI=1S/C26H41N5O/c1-3-25(32)14-19-4-6-22(7-5-19)30-12-10-20(11-13-30)21-15-27-26(28-16-21)31-23-8-9-24(31)18-29(2)17-23/h15-16,19-20,22-24H,3-14,17-18H2,1-2H3. The van der Waals surface area contributed by atoms with Crippen LogP contribution in [0.25, 0.3) is 0 Å². The van der Waals surface area contributed by atoms with E-state index in [1.807, 2.05) is 6.92 Å². The number of aromatic nitrogens is 2.